The fraction of sp³-hybridized carbons (Fsp3) is 0.200. The molecular formula is C5H6BrNO2S2. The van der Waals surface area contributed by atoms with E-state index in [1.54, 1.807) is 12.3 Å². The Bertz CT molecular complexity index is 368. The van der Waals surface area contributed by atoms with E-state index in [-0.39, 0.29) is 4.21 Å². The van der Waals surface area contributed by atoms with Gasteiger partial charge in [-0.3, -0.25) is 0 Å². The fourth-order valence-electron chi connectivity index (χ4n) is 0.660. The van der Waals surface area contributed by atoms with E-state index < -0.39 is 10.0 Å². The molecule has 0 aliphatic rings. The maximum atomic E-state index is 10.8. The summed E-state index contributed by atoms with van der Waals surface area (Å²) in [5.74, 6) is 0. The zero-order chi connectivity index (χ0) is 8.65. The molecule has 3 nitrogen and oxygen atoms in total. The van der Waals surface area contributed by atoms with Crippen LogP contribution >= 0.6 is 27.3 Å². The number of nitrogens with two attached hydrogens (primary N) is 1. The minimum Gasteiger partial charge on any atom is -0.224 e. The Morgan fingerprint density at radius 2 is 2.18 bits per heavy atom. The van der Waals surface area contributed by atoms with Gasteiger partial charge in [-0.25, -0.2) is 13.6 Å². The Morgan fingerprint density at radius 1 is 1.64 bits per heavy atom. The van der Waals surface area contributed by atoms with Crippen molar-refractivity contribution >= 4 is 37.3 Å². The van der Waals surface area contributed by atoms with E-state index in [0.29, 0.717) is 5.56 Å². The van der Waals surface area contributed by atoms with Gasteiger partial charge in [-0.1, -0.05) is 0 Å². The van der Waals surface area contributed by atoms with E-state index in [2.05, 4.69) is 15.9 Å². The predicted molar refractivity (Wildman–Crippen MR) is 48.1 cm³/mol. The molecule has 1 aromatic rings. The van der Waals surface area contributed by atoms with Crippen LogP contribution in [0.4, 0.5) is 0 Å². The molecule has 0 amide bonds. The summed E-state index contributed by atoms with van der Waals surface area (Å²) in [6, 6.07) is 0. The van der Waals surface area contributed by atoms with Gasteiger partial charge in [-0.15, -0.1) is 11.3 Å². The number of halogens is 1. The molecule has 0 atom stereocenters. The molecule has 1 rings (SSSR count). The van der Waals surface area contributed by atoms with Crippen molar-refractivity contribution in [2.75, 3.05) is 0 Å². The lowest BCUT2D eigenvalue weighted by Gasteiger charge is -1.93. The third kappa shape index (κ3) is 1.81. The van der Waals surface area contributed by atoms with E-state index in [0.717, 1.165) is 15.8 Å². The van der Waals surface area contributed by atoms with Crippen LogP contribution in [0.2, 0.25) is 0 Å². The van der Waals surface area contributed by atoms with Gasteiger partial charge in [0.05, 0.1) is 0 Å². The number of primary sulfonamides is 1. The molecule has 0 aliphatic carbocycles. The van der Waals surface area contributed by atoms with Crippen molar-refractivity contribution in [1.82, 2.24) is 0 Å². The number of rotatable bonds is 1. The highest BCUT2D eigenvalue weighted by Gasteiger charge is 2.15. The lowest BCUT2D eigenvalue weighted by atomic mass is 10.4. The van der Waals surface area contributed by atoms with Crippen molar-refractivity contribution in [3.63, 3.8) is 0 Å². The molecule has 6 heteroatoms. The highest BCUT2D eigenvalue weighted by atomic mass is 79.9. The highest BCUT2D eigenvalue weighted by molar-refractivity contribution is 9.10. The molecule has 0 fully saturated rings. The highest BCUT2D eigenvalue weighted by Crippen LogP contribution is 2.28. The molecule has 1 heterocycles. The van der Waals surface area contributed by atoms with Crippen molar-refractivity contribution in [2.45, 2.75) is 11.1 Å². The van der Waals surface area contributed by atoms with Crippen LogP contribution < -0.4 is 5.14 Å². The summed E-state index contributed by atoms with van der Waals surface area (Å²) >= 11 is 4.32. The molecule has 0 spiro atoms. The molecule has 0 saturated carbocycles. The molecule has 0 aromatic carbocycles. The maximum absolute atomic E-state index is 10.8. The average molecular weight is 256 g/mol. The topological polar surface area (TPSA) is 60.2 Å². The zero-order valence-corrected chi connectivity index (χ0v) is 8.88. The monoisotopic (exact) mass is 255 g/mol. The Labute approximate surface area is 77.4 Å². The summed E-state index contributed by atoms with van der Waals surface area (Å²) in [5, 5.41) is 6.64. The van der Waals surface area contributed by atoms with Crippen LogP contribution in [0.3, 0.4) is 0 Å². The van der Waals surface area contributed by atoms with E-state index in [1.165, 1.54) is 0 Å². The molecular weight excluding hydrogens is 250 g/mol. The Balaban J connectivity index is 3.38. The van der Waals surface area contributed by atoms with Crippen molar-refractivity contribution in [2.24, 2.45) is 5.14 Å². The maximum Gasteiger partial charge on any atom is 0.247 e. The van der Waals surface area contributed by atoms with Crippen molar-refractivity contribution in [3.05, 3.63) is 15.4 Å². The zero-order valence-electron chi connectivity index (χ0n) is 5.67. The second-order valence-corrected chi connectivity index (χ2v) is 5.53. The minimum atomic E-state index is -3.52. The Hall–Kier alpha value is 0.0900. The van der Waals surface area contributed by atoms with Gasteiger partial charge in [0.2, 0.25) is 10.0 Å². The van der Waals surface area contributed by atoms with Gasteiger partial charge in [0, 0.05) is 9.85 Å². The van der Waals surface area contributed by atoms with Gasteiger partial charge in [-0.2, -0.15) is 0 Å². The number of thiophene rings is 1. The quantitative estimate of drug-likeness (QED) is 0.827. The van der Waals surface area contributed by atoms with Crippen LogP contribution in [0.1, 0.15) is 5.56 Å². The summed E-state index contributed by atoms with van der Waals surface area (Å²) in [6.45, 7) is 1.71. The second kappa shape index (κ2) is 2.85. The summed E-state index contributed by atoms with van der Waals surface area (Å²) in [7, 11) is -3.52. The van der Waals surface area contributed by atoms with Crippen LogP contribution in [0.15, 0.2) is 14.1 Å². The average Bonchev–Trinajstić information content (AvgIpc) is 2.11. The van der Waals surface area contributed by atoms with Crippen LogP contribution in [-0.2, 0) is 10.0 Å². The molecule has 0 saturated heterocycles. The first kappa shape index (κ1) is 9.18. The van der Waals surface area contributed by atoms with Crippen LogP contribution in [-0.4, -0.2) is 8.42 Å². The van der Waals surface area contributed by atoms with Gasteiger partial charge in [0.15, 0.2) is 0 Å². The fourth-order valence-corrected chi connectivity index (χ4v) is 3.29. The molecule has 62 valence electrons. The molecule has 0 aliphatic heterocycles. The molecule has 1 aromatic heterocycles. The first-order valence-electron chi connectivity index (χ1n) is 2.69. The normalized spacial score (nSPS) is 11.9. The second-order valence-electron chi connectivity index (χ2n) is 2.04. The standard InChI is InChI=1S/C5H6BrNO2S2/c1-3-4(6)2-10-5(3)11(7,8)9/h2H,1H3,(H2,7,8,9). The summed E-state index contributed by atoms with van der Waals surface area (Å²) in [5.41, 5.74) is 0.678. The minimum absolute atomic E-state index is 0.226. The first-order valence-corrected chi connectivity index (χ1v) is 5.91. The summed E-state index contributed by atoms with van der Waals surface area (Å²) in [4.78, 5) is 0. The van der Waals surface area contributed by atoms with Gasteiger partial charge in [-0.05, 0) is 28.4 Å². The van der Waals surface area contributed by atoms with Crippen LogP contribution in [0.25, 0.3) is 0 Å². The van der Waals surface area contributed by atoms with Crippen LogP contribution in [0, 0.1) is 6.92 Å². The van der Waals surface area contributed by atoms with Gasteiger partial charge in [0.1, 0.15) is 4.21 Å². The molecule has 0 radical (unpaired) electrons. The first-order chi connectivity index (χ1) is 4.93. The van der Waals surface area contributed by atoms with Gasteiger partial charge >= 0.3 is 0 Å². The molecule has 0 unspecified atom stereocenters. The number of sulfonamides is 1. The van der Waals surface area contributed by atoms with Crippen molar-refractivity contribution in [1.29, 1.82) is 0 Å². The molecule has 2 N–H and O–H groups in total. The van der Waals surface area contributed by atoms with Gasteiger partial charge in [0.25, 0.3) is 0 Å². The van der Waals surface area contributed by atoms with E-state index >= 15 is 0 Å². The summed E-state index contributed by atoms with van der Waals surface area (Å²) < 4.78 is 22.7. The van der Waals surface area contributed by atoms with E-state index in [4.69, 9.17) is 5.14 Å². The number of hydrogen-bond acceptors (Lipinski definition) is 3. The predicted octanol–water partition coefficient (Wildman–Crippen LogP) is 1.47. The third-order valence-electron chi connectivity index (χ3n) is 1.19. The van der Waals surface area contributed by atoms with E-state index in [9.17, 15) is 8.42 Å². The SMILES string of the molecule is Cc1c(Br)csc1S(N)(=O)=O. The molecule has 11 heavy (non-hydrogen) atoms. The lowest BCUT2D eigenvalue weighted by molar-refractivity contribution is 0.599. The van der Waals surface area contributed by atoms with E-state index in [1.807, 2.05) is 0 Å². The smallest absolute Gasteiger partial charge is 0.224 e. The largest absolute Gasteiger partial charge is 0.247 e. The van der Waals surface area contributed by atoms with Crippen molar-refractivity contribution in [3.8, 4) is 0 Å². The number of hydrogen-bond donors (Lipinski definition) is 1. The van der Waals surface area contributed by atoms with Crippen molar-refractivity contribution < 1.29 is 8.42 Å². The van der Waals surface area contributed by atoms with Crippen LogP contribution in [0.5, 0.6) is 0 Å². The molecule has 0 bridgehead atoms. The Morgan fingerprint density at radius 3 is 2.36 bits per heavy atom. The lowest BCUT2D eigenvalue weighted by Crippen LogP contribution is -2.11. The third-order valence-corrected chi connectivity index (χ3v) is 5.00. The Kier molecular flexibility index (Phi) is 2.38. The summed E-state index contributed by atoms with van der Waals surface area (Å²) in [6.07, 6.45) is 0. The van der Waals surface area contributed by atoms with Gasteiger partial charge < -0.3 is 0 Å².